The molecule has 0 atom stereocenters. The molecular formula is C12H11Br2N2O+. The standard InChI is InChI=1S/C12H10Br2N2O/c13-9-1-3-11(17)8(5-9)6-15-12-4-2-10(14)7-16-12/h1-5,7,17H,6H2,(H,15,16)/p+1. The van der Waals surface area contributed by atoms with Gasteiger partial charge in [-0.05, 0) is 40.2 Å². The van der Waals surface area contributed by atoms with E-state index in [0.29, 0.717) is 6.54 Å². The average molecular weight is 359 g/mol. The van der Waals surface area contributed by atoms with Crippen LogP contribution in [0.25, 0.3) is 0 Å². The molecule has 0 saturated heterocycles. The molecule has 0 bridgehead atoms. The van der Waals surface area contributed by atoms with Gasteiger partial charge in [0.2, 0.25) is 0 Å². The monoisotopic (exact) mass is 357 g/mol. The quantitative estimate of drug-likeness (QED) is 0.883. The summed E-state index contributed by atoms with van der Waals surface area (Å²) in [6.45, 7) is 0.559. The predicted molar refractivity (Wildman–Crippen MR) is 73.8 cm³/mol. The summed E-state index contributed by atoms with van der Waals surface area (Å²) in [4.78, 5) is 3.09. The molecule has 5 heteroatoms. The molecule has 17 heavy (non-hydrogen) atoms. The highest BCUT2D eigenvalue weighted by atomic mass is 79.9. The SMILES string of the molecule is Oc1ccc(Br)cc1CNc1ccc(Br)c[nH+]1. The Kier molecular flexibility index (Phi) is 4.02. The molecule has 0 aliphatic heterocycles. The van der Waals surface area contributed by atoms with Gasteiger partial charge in [-0.2, -0.15) is 0 Å². The number of pyridine rings is 1. The van der Waals surface area contributed by atoms with Gasteiger partial charge in [-0.1, -0.05) is 15.9 Å². The fraction of sp³-hybridized carbons (Fsp3) is 0.0833. The van der Waals surface area contributed by atoms with Gasteiger partial charge in [0.1, 0.15) is 18.5 Å². The second-order valence-corrected chi connectivity index (χ2v) is 5.38. The normalized spacial score (nSPS) is 10.2. The van der Waals surface area contributed by atoms with E-state index in [-0.39, 0.29) is 5.75 Å². The third kappa shape index (κ3) is 3.44. The van der Waals surface area contributed by atoms with Crippen LogP contribution in [0.2, 0.25) is 0 Å². The largest absolute Gasteiger partial charge is 0.508 e. The first-order valence-corrected chi connectivity index (χ1v) is 6.62. The van der Waals surface area contributed by atoms with Crippen molar-refractivity contribution in [1.82, 2.24) is 0 Å². The average Bonchev–Trinajstić information content (AvgIpc) is 2.32. The van der Waals surface area contributed by atoms with Crippen LogP contribution in [-0.4, -0.2) is 5.11 Å². The molecular weight excluding hydrogens is 348 g/mol. The van der Waals surface area contributed by atoms with Crippen LogP contribution in [0, 0.1) is 0 Å². The van der Waals surface area contributed by atoms with Crippen LogP contribution in [0.15, 0.2) is 45.5 Å². The molecule has 0 aliphatic rings. The molecule has 2 rings (SSSR count). The number of rotatable bonds is 3. The van der Waals surface area contributed by atoms with E-state index in [0.717, 1.165) is 20.3 Å². The third-order valence-electron chi connectivity index (χ3n) is 2.29. The van der Waals surface area contributed by atoms with Crippen LogP contribution in [0.1, 0.15) is 5.56 Å². The Bertz CT molecular complexity index is 514. The molecule has 0 aliphatic carbocycles. The van der Waals surface area contributed by atoms with E-state index in [9.17, 15) is 5.11 Å². The molecule has 2 aromatic rings. The van der Waals surface area contributed by atoms with Crippen molar-refractivity contribution in [2.45, 2.75) is 6.54 Å². The molecule has 3 nitrogen and oxygen atoms in total. The molecule has 0 saturated carbocycles. The minimum absolute atomic E-state index is 0.290. The number of H-pyrrole nitrogens is 1. The van der Waals surface area contributed by atoms with Gasteiger partial charge in [-0.3, -0.25) is 5.32 Å². The number of nitrogens with one attached hydrogen (secondary N) is 2. The van der Waals surface area contributed by atoms with Gasteiger partial charge in [0, 0.05) is 16.1 Å². The number of phenolic OH excluding ortho intramolecular Hbond substituents is 1. The molecule has 0 unspecified atom stereocenters. The fourth-order valence-electron chi connectivity index (χ4n) is 1.40. The lowest BCUT2D eigenvalue weighted by atomic mass is 10.2. The molecule has 0 radical (unpaired) electrons. The summed E-state index contributed by atoms with van der Waals surface area (Å²) in [5, 5.41) is 12.9. The zero-order chi connectivity index (χ0) is 12.3. The van der Waals surface area contributed by atoms with E-state index in [4.69, 9.17) is 0 Å². The van der Waals surface area contributed by atoms with E-state index in [2.05, 4.69) is 42.2 Å². The highest BCUT2D eigenvalue weighted by Gasteiger charge is 2.06. The zero-order valence-electron chi connectivity index (χ0n) is 8.87. The summed E-state index contributed by atoms with van der Waals surface area (Å²) in [7, 11) is 0. The van der Waals surface area contributed by atoms with Crippen molar-refractivity contribution in [2.24, 2.45) is 0 Å². The smallest absolute Gasteiger partial charge is 0.272 e. The van der Waals surface area contributed by atoms with Gasteiger partial charge in [-0.25, -0.2) is 4.98 Å². The minimum atomic E-state index is 0.290. The summed E-state index contributed by atoms with van der Waals surface area (Å²) >= 11 is 6.74. The van der Waals surface area contributed by atoms with Gasteiger partial charge >= 0.3 is 0 Å². The first-order valence-electron chi connectivity index (χ1n) is 5.03. The maximum Gasteiger partial charge on any atom is 0.272 e. The van der Waals surface area contributed by atoms with Crippen molar-refractivity contribution < 1.29 is 10.1 Å². The topological polar surface area (TPSA) is 46.4 Å². The van der Waals surface area contributed by atoms with Crippen molar-refractivity contribution >= 4 is 37.7 Å². The van der Waals surface area contributed by atoms with Crippen LogP contribution in [0.5, 0.6) is 5.75 Å². The summed E-state index contributed by atoms with van der Waals surface area (Å²) in [5.41, 5.74) is 0.843. The molecule has 1 aromatic carbocycles. The molecule has 1 aromatic heterocycles. The van der Waals surface area contributed by atoms with Crippen LogP contribution < -0.4 is 10.3 Å². The number of halogens is 2. The van der Waals surface area contributed by atoms with E-state index in [1.165, 1.54) is 0 Å². The zero-order valence-corrected chi connectivity index (χ0v) is 12.0. The van der Waals surface area contributed by atoms with Gasteiger partial charge in [0.15, 0.2) is 0 Å². The van der Waals surface area contributed by atoms with E-state index >= 15 is 0 Å². The van der Waals surface area contributed by atoms with Crippen molar-refractivity contribution in [2.75, 3.05) is 5.32 Å². The number of hydrogen-bond acceptors (Lipinski definition) is 2. The van der Waals surface area contributed by atoms with E-state index < -0.39 is 0 Å². The maximum atomic E-state index is 9.68. The number of hydrogen-bond donors (Lipinski definition) is 2. The Balaban J connectivity index is 2.07. The Hall–Kier alpha value is -1.07. The van der Waals surface area contributed by atoms with Crippen molar-refractivity contribution in [3.05, 3.63) is 51.0 Å². The lowest BCUT2D eigenvalue weighted by molar-refractivity contribution is -0.362. The number of phenols is 1. The van der Waals surface area contributed by atoms with Crippen LogP contribution in [0.4, 0.5) is 5.82 Å². The van der Waals surface area contributed by atoms with E-state index in [1.54, 1.807) is 6.07 Å². The molecule has 88 valence electrons. The first-order chi connectivity index (χ1) is 8.15. The number of benzene rings is 1. The summed E-state index contributed by atoms with van der Waals surface area (Å²) in [6, 6.07) is 9.25. The number of aromatic nitrogens is 1. The highest BCUT2D eigenvalue weighted by molar-refractivity contribution is 9.10. The first kappa shape index (κ1) is 12.4. The number of anilines is 1. The Morgan fingerprint density at radius 3 is 2.59 bits per heavy atom. The second-order valence-electron chi connectivity index (χ2n) is 3.55. The molecule has 0 spiro atoms. The molecule has 1 heterocycles. The third-order valence-corrected chi connectivity index (χ3v) is 3.27. The molecule has 0 fully saturated rings. The fourth-order valence-corrected chi connectivity index (χ4v) is 2.06. The summed E-state index contributed by atoms with van der Waals surface area (Å²) in [5.74, 6) is 1.19. The van der Waals surface area contributed by atoms with Gasteiger partial charge in [0.25, 0.3) is 5.82 Å². The summed E-state index contributed by atoms with van der Waals surface area (Å²) in [6.07, 6.45) is 1.85. The van der Waals surface area contributed by atoms with Crippen LogP contribution in [-0.2, 0) is 6.54 Å². The highest BCUT2D eigenvalue weighted by Crippen LogP contribution is 2.22. The van der Waals surface area contributed by atoms with Gasteiger partial charge < -0.3 is 5.11 Å². The lowest BCUT2D eigenvalue weighted by Gasteiger charge is -2.03. The molecule has 3 N–H and O–H groups in total. The van der Waals surface area contributed by atoms with Crippen molar-refractivity contribution in [3.63, 3.8) is 0 Å². The lowest BCUT2D eigenvalue weighted by Crippen LogP contribution is -2.12. The van der Waals surface area contributed by atoms with Crippen LogP contribution >= 0.6 is 31.9 Å². The second kappa shape index (κ2) is 5.51. The predicted octanol–water partition coefficient (Wildman–Crippen LogP) is 3.34. The minimum Gasteiger partial charge on any atom is -0.508 e. The van der Waals surface area contributed by atoms with Gasteiger partial charge in [0.05, 0.1) is 4.47 Å². The van der Waals surface area contributed by atoms with Crippen LogP contribution in [0.3, 0.4) is 0 Å². The number of aromatic hydroxyl groups is 1. The number of aromatic amines is 1. The Morgan fingerprint density at radius 1 is 1.12 bits per heavy atom. The van der Waals surface area contributed by atoms with E-state index in [1.807, 2.05) is 30.5 Å². The summed E-state index contributed by atoms with van der Waals surface area (Å²) < 4.78 is 1.94. The molecule has 0 amide bonds. The van der Waals surface area contributed by atoms with Crippen molar-refractivity contribution in [3.8, 4) is 5.75 Å². The van der Waals surface area contributed by atoms with Gasteiger partial charge in [-0.15, -0.1) is 0 Å². The van der Waals surface area contributed by atoms with Crippen molar-refractivity contribution in [1.29, 1.82) is 0 Å². The Morgan fingerprint density at radius 2 is 1.88 bits per heavy atom. The maximum absolute atomic E-state index is 9.68. The Labute approximate surface area is 116 Å².